The van der Waals surface area contributed by atoms with Gasteiger partial charge in [-0.1, -0.05) is 6.07 Å². The smallest absolute Gasteiger partial charge is 0.264 e. The van der Waals surface area contributed by atoms with Crippen LogP contribution >= 0.6 is 11.3 Å². The lowest BCUT2D eigenvalue weighted by molar-refractivity contribution is 0.0643. The standard InChI is InChI=1S/C17H20N4O2S/c22-16(14-3-1-5-18-13-14)19-6-7-20-8-10-21(11-9-20)17(23)15-4-2-12-24-15/h1-5,12-13H,6-11H2,(H,19,22). The summed E-state index contributed by atoms with van der Waals surface area (Å²) in [7, 11) is 0. The third-order valence-corrected chi connectivity index (χ3v) is 4.89. The lowest BCUT2D eigenvalue weighted by Gasteiger charge is -2.34. The topological polar surface area (TPSA) is 65.5 Å². The molecule has 1 saturated heterocycles. The van der Waals surface area contributed by atoms with Gasteiger partial charge in [-0.2, -0.15) is 0 Å². The number of hydrogen-bond acceptors (Lipinski definition) is 5. The van der Waals surface area contributed by atoms with Crippen molar-refractivity contribution >= 4 is 23.2 Å². The molecule has 1 N–H and O–H groups in total. The number of piperazine rings is 1. The molecule has 0 spiro atoms. The fourth-order valence-corrected chi connectivity index (χ4v) is 3.35. The molecule has 1 aliphatic heterocycles. The summed E-state index contributed by atoms with van der Waals surface area (Å²) >= 11 is 1.48. The molecule has 2 aromatic heterocycles. The maximum atomic E-state index is 12.3. The lowest BCUT2D eigenvalue weighted by atomic mass is 10.2. The Balaban J connectivity index is 1.38. The summed E-state index contributed by atoms with van der Waals surface area (Å²) in [6.07, 6.45) is 3.21. The molecule has 1 fully saturated rings. The molecule has 3 heterocycles. The summed E-state index contributed by atoms with van der Waals surface area (Å²) < 4.78 is 0. The van der Waals surface area contributed by atoms with Gasteiger partial charge >= 0.3 is 0 Å². The van der Waals surface area contributed by atoms with Crippen molar-refractivity contribution in [2.45, 2.75) is 0 Å². The van der Waals surface area contributed by atoms with Crippen molar-refractivity contribution in [2.24, 2.45) is 0 Å². The number of amides is 2. The van der Waals surface area contributed by atoms with Gasteiger partial charge in [0.1, 0.15) is 0 Å². The zero-order valence-electron chi connectivity index (χ0n) is 13.4. The molecular formula is C17H20N4O2S. The molecule has 0 aliphatic carbocycles. The molecule has 2 amide bonds. The Morgan fingerprint density at radius 3 is 2.67 bits per heavy atom. The van der Waals surface area contributed by atoms with Crippen molar-refractivity contribution in [1.82, 2.24) is 20.1 Å². The number of thiophene rings is 1. The zero-order valence-corrected chi connectivity index (χ0v) is 14.2. The second-order valence-electron chi connectivity index (χ2n) is 5.61. The summed E-state index contributed by atoms with van der Waals surface area (Å²) in [4.78, 5) is 33.1. The Bertz CT molecular complexity index is 667. The Morgan fingerprint density at radius 1 is 1.17 bits per heavy atom. The van der Waals surface area contributed by atoms with E-state index >= 15 is 0 Å². The molecule has 0 bridgehead atoms. The number of nitrogens with one attached hydrogen (secondary N) is 1. The highest BCUT2D eigenvalue weighted by Gasteiger charge is 2.22. The number of rotatable bonds is 5. The van der Waals surface area contributed by atoms with Gasteiger partial charge in [-0.3, -0.25) is 19.5 Å². The minimum atomic E-state index is -0.102. The first-order valence-electron chi connectivity index (χ1n) is 7.97. The van der Waals surface area contributed by atoms with Crippen molar-refractivity contribution in [3.63, 3.8) is 0 Å². The highest BCUT2D eigenvalue weighted by Crippen LogP contribution is 2.13. The monoisotopic (exact) mass is 344 g/mol. The van der Waals surface area contributed by atoms with E-state index in [1.165, 1.54) is 11.3 Å². The van der Waals surface area contributed by atoms with Gasteiger partial charge in [0, 0.05) is 51.7 Å². The van der Waals surface area contributed by atoms with Crippen LogP contribution in [0.3, 0.4) is 0 Å². The average molecular weight is 344 g/mol. The molecule has 0 unspecified atom stereocenters. The summed E-state index contributed by atoms with van der Waals surface area (Å²) in [6.45, 7) is 4.50. The molecule has 2 aromatic rings. The normalized spacial score (nSPS) is 15.2. The Kier molecular flexibility index (Phi) is 5.55. The minimum Gasteiger partial charge on any atom is -0.351 e. The SMILES string of the molecule is O=C(NCCN1CCN(C(=O)c2cccs2)CC1)c1cccnc1. The molecular weight excluding hydrogens is 324 g/mol. The van der Waals surface area contributed by atoms with E-state index < -0.39 is 0 Å². The number of carbonyl (C=O) groups excluding carboxylic acids is 2. The van der Waals surface area contributed by atoms with E-state index in [0.29, 0.717) is 12.1 Å². The largest absolute Gasteiger partial charge is 0.351 e. The molecule has 1 aliphatic rings. The van der Waals surface area contributed by atoms with Crippen LogP contribution in [0, 0.1) is 0 Å². The van der Waals surface area contributed by atoms with E-state index in [-0.39, 0.29) is 11.8 Å². The second kappa shape index (κ2) is 8.03. The quantitative estimate of drug-likeness (QED) is 0.889. The Hall–Kier alpha value is -2.25. The van der Waals surface area contributed by atoms with Crippen LogP contribution in [0.1, 0.15) is 20.0 Å². The van der Waals surface area contributed by atoms with Gasteiger partial charge in [0.15, 0.2) is 0 Å². The minimum absolute atomic E-state index is 0.102. The number of hydrogen-bond donors (Lipinski definition) is 1. The first-order valence-corrected chi connectivity index (χ1v) is 8.85. The molecule has 24 heavy (non-hydrogen) atoms. The van der Waals surface area contributed by atoms with Gasteiger partial charge in [0.05, 0.1) is 10.4 Å². The molecule has 0 aromatic carbocycles. The van der Waals surface area contributed by atoms with E-state index in [0.717, 1.165) is 37.6 Å². The van der Waals surface area contributed by atoms with E-state index in [1.54, 1.807) is 24.5 Å². The third kappa shape index (κ3) is 4.18. The summed E-state index contributed by atoms with van der Waals surface area (Å²) in [6, 6.07) is 7.27. The number of nitrogens with zero attached hydrogens (tertiary/aromatic N) is 3. The number of aromatic nitrogens is 1. The first kappa shape index (κ1) is 16.6. The Morgan fingerprint density at radius 2 is 2.00 bits per heavy atom. The predicted molar refractivity (Wildman–Crippen MR) is 93.2 cm³/mol. The maximum Gasteiger partial charge on any atom is 0.264 e. The van der Waals surface area contributed by atoms with Crippen LogP contribution < -0.4 is 5.32 Å². The molecule has 126 valence electrons. The van der Waals surface area contributed by atoms with Gasteiger partial charge in [-0.15, -0.1) is 11.3 Å². The lowest BCUT2D eigenvalue weighted by Crippen LogP contribution is -2.50. The van der Waals surface area contributed by atoms with Gasteiger partial charge in [-0.25, -0.2) is 0 Å². The average Bonchev–Trinajstić information content (AvgIpc) is 3.17. The van der Waals surface area contributed by atoms with Gasteiger partial charge in [0.25, 0.3) is 11.8 Å². The summed E-state index contributed by atoms with van der Waals surface area (Å²) in [5.74, 6) is 0.0177. The van der Waals surface area contributed by atoms with Crippen molar-refractivity contribution < 1.29 is 9.59 Å². The fourth-order valence-electron chi connectivity index (χ4n) is 2.66. The van der Waals surface area contributed by atoms with Gasteiger partial charge in [0.2, 0.25) is 0 Å². The highest BCUT2D eigenvalue weighted by molar-refractivity contribution is 7.12. The van der Waals surface area contributed by atoms with Crippen LogP contribution in [0.4, 0.5) is 0 Å². The molecule has 0 radical (unpaired) electrons. The van der Waals surface area contributed by atoms with Crippen LogP contribution in [-0.2, 0) is 0 Å². The number of carbonyl (C=O) groups is 2. The van der Waals surface area contributed by atoms with Crippen LogP contribution in [0.2, 0.25) is 0 Å². The van der Waals surface area contributed by atoms with E-state index in [2.05, 4.69) is 15.2 Å². The molecule has 6 nitrogen and oxygen atoms in total. The Labute approximate surface area is 145 Å². The van der Waals surface area contributed by atoms with E-state index in [9.17, 15) is 9.59 Å². The van der Waals surface area contributed by atoms with Crippen LogP contribution in [0.5, 0.6) is 0 Å². The fraction of sp³-hybridized carbons (Fsp3) is 0.353. The van der Waals surface area contributed by atoms with E-state index in [1.807, 2.05) is 22.4 Å². The van der Waals surface area contributed by atoms with E-state index in [4.69, 9.17) is 0 Å². The summed E-state index contributed by atoms with van der Waals surface area (Å²) in [5.41, 5.74) is 0.573. The van der Waals surface area contributed by atoms with Crippen LogP contribution in [-0.4, -0.2) is 65.9 Å². The number of pyridine rings is 1. The van der Waals surface area contributed by atoms with Gasteiger partial charge < -0.3 is 10.2 Å². The predicted octanol–water partition coefficient (Wildman–Crippen LogP) is 1.33. The first-order chi connectivity index (χ1) is 11.7. The highest BCUT2D eigenvalue weighted by atomic mass is 32.1. The van der Waals surface area contributed by atoms with Crippen LogP contribution in [0.15, 0.2) is 42.0 Å². The molecule has 7 heteroatoms. The maximum absolute atomic E-state index is 12.3. The summed E-state index contributed by atoms with van der Waals surface area (Å²) in [5, 5.41) is 4.83. The molecule has 0 saturated carbocycles. The van der Waals surface area contributed by atoms with Crippen molar-refractivity contribution in [3.8, 4) is 0 Å². The van der Waals surface area contributed by atoms with Crippen molar-refractivity contribution in [2.75, 3.05) is 39.3 Å². The van der Waals surface area contributed by atoms with Crippen molar-refractivity contribution in [1.29, 1.82) is 0 Å². The van der Waals surface area contributed by atoms with Gasteiger partial charge in [-0.05, 0) is 23.6 Å². The van der Waals surface area contributed by atoms with Crippen molar-refractivity contribution in [3.05, 3.63) is 52.5 Å². The second-order valence-corrected chi connectivity index (χ2v) is 6.56. The zero-order chi connectivity index (χ0) is 16.8. The molecule has 3 rings (SSSR count). The third-order valence-electron chi connectivity index (χ3n) is 4.03. The molecule has 0 atom stereocenters. The van der Waals surface area contributed by atoms with Crippen LogP contribution in [0.25, 0.3) is 0 Å².